The van der Waals surface area contributed by atoms with Crippen LogP contribution in [0.1, 0.15) is 28.4 Å². The number of thiazole rings is 1. The fraction of sp³-hybridized carbons (Fsp3) is 0.444. The number of aromatic nitrogens is 1. The molecule has 1 unspecified atom stereocenters. The first kappa shape index (κ1) is 20.3. The zero-order valence-corrected chi connectivity index (χ0v) is 16.3. The van der Waals surface area contributed by atoms with E-state index in [1.54, 1.807) is 37.4 Å². The second-order valence-electron chi connectivity index (χ2n) is 6.00. The number of rotatable bonds is 7. The largest absolute Gasteiger partial charge is 0.354 e. The van der Waals surface area contributed by atoms with Crippen molar-refractivity contribution in [1.82, 2.24) is 20.5 Å². The van der Waals surface area contributed by atoms with Crippen LogP contribution < -0.4 is 10.6 Å². The number of nitrogens with zero attached hydrogens (tertiary/aromatic N) is 3. The maximum absolute atomic E-state index is 14.1. The molecule has 5 nitrogen and oxygen atoms in total. The number of hydrogen-bond acceptors (Lipinski definition) is 4. The highest BCUT2D eigenvalue weighted by atomic mass is 32.1. The Hall–Kier alpha value is -2.06. The minimum atomic E-state index is -0.552. The summed E-state index contributed by atoms with van der Waals surface area (Å²) in [6.45, 7) is 2.95. The lowest BCUT2D eigenvalue weighted by Gasteiger charge is -2.26. The third kappa shape index (κ3) is 5.22. The summed E-state index contributed by atoms with van der Waals surface area (Å²) in [4.78, 5) is 11.5. The summed E-state index contributed by atoms with van der Waals surface area (Å²) in [7, 11) is 5.23. The Morgan fingerprint density at radius 2 is 1.96 bits per heavy atom. The summed E-state index contributed by atoms with van der Waals surface area (Å²) >= 11 is 1.65. The van der Waals surface area contributed by atoms with E-state index < -0.39 is 17.7 Å². The number of aliphatic imine (C=N–C) groups is 1. The van der Waals surface area contributed by atoms with Crippen LogP contribution in [0.5, 0.6) is 0 Å². The van der Waals surface area contributed by atoms with Crippen LogP contribution in [0.25, 0.3) is 0 Å². The Morgan fingerprint density at radius 3 is 2.50 bits per heavy atom. The van der Waals surface area contributed by atoms with Crippen molar-refractivity contribution in [3.05, 3.63) is 51.5 Å². The Labute approximate surface area is 157 Å². The smallest absolute Gasteiger partial charge is 0.191 e. The standard InChI is InChI=1S/C18H25F2N5S/c1-5-12-9-22-16(26-12)11-24-18(21-2)23-10-15(25(3)4)17-13(19)7-6-8-14(17)20/h6-9,15H,5,10-11H2,1-4H3,(H2,21,23,24). The molecule has 2 rings (SSSR count). The van der Waals surface area contributed by atoms with E-state index in [9.17, 15) is 8.78 Å². The van der Waals surface area contributed by atoms with E-state index in [0.717, 1.165) is 11.4 Å². The monoisotopic (exact) mass is 381 g/mol. The zero-order chi connectivity index (χ0) is 19.1. The van der Waals surface area contributed by atoms with Gasteiger partial charge in [-0.25, -0.2) is 13.8 Å². The molecule has 0 aliphatic heterocycles. The molecule has 1 aromatic heterocycles. The molecule has 0 radical (unpaired) electrons. The van der Waals surface area contributed by atoms with Crippen molar-refractivity contribution >= 4 is 17.3 Å². The average molecular weight is 381 g/mol. The molecule has 26 heavy (non-hydrogen) atoms. The van der Waals surface area contributed by atoms with Crippen molar-refractivity contribution in [2.45, 2.75) is 25.9 Å². The second-order valence-corrected chi connectivity index (χ2v) is 7.20. The van der Waals surface area contributed by atoms with Crippen molar-refractivity contribution in [1.29, 1.82) is 0 Å². The van der Waals surface area contributed by atoms with Gasteiger partial charge in [0.15, 0.2) is 5.96 Å². The molecule has 0 bridgehead atoms. The molecule has 0 aliphatic rings. The summed E-state index contributed by atoms with van der Waals surface area (Å²) in [5.41, 5.74) is 0.0490. The first-order chi connectivity index (χ1) is 12.5. The fourth-order valence-corrected chi connectivity index (χ4v) is 3.34. The predicted molar refractivity (Wildman–Crippen MR) is 102 cm³/mol. The van der Waals surface area contributed by atoms with Gasteiger partial charge in [-0.05, 0) is 32.6 Å². The number of aryl methyl sites for hydroxylation is 1. The van der Waals surface area contributed by atoms with Gasteiger partial charge in [-0.15, -0.1) is 11.3 Å². The number of likely N-dealkylation sites (N-methyl/N-ethyl adjacent to an activating group) is 1. The molecule has 0 saturated carbocycles. The summed E-state index contributed by atoms with van der Waals surface area (Å²) in [5.74, 6) is -0.548. The predicted octanol–water partition coefficient (Wildman–Crippen LogP) is 2.95. The number of nitrogens with one attached hydrogen (secondary N) is 2. The van der Waals surface area contributed by atoms with Crippen molar-refractivity contribution in [3.8, 4) is 0 Å². The van der Waals surface area contributed by atoms with Gasteiger partial charge < -0.3 is 15.5 Å². The van der Waals surface area contributed by atoms with E-state index >= 15 is 0 Å². The topological polar surface area (TPSA) is 52.6 Å². The highest BCUT2D eigenvalue weighted by molar-refractivity contribution is 7.11. The van der Waals surface area contributed by atoms with Gasteiger partial charge in [0.1, 0.15) is 16.6 Å². The molecule has 8 heteroatoms. The third-order valence-corrected chi connectivity index (χ3v) is 5.14. The van der Waals surface area contributed by atoms with Crippen LogP contribution in [-0.4, -0.2) is 43.5 Å². The van der Waals surface area contributed by atoms with E-state index in [-0.39, 0.29) is 5.56 Å². The van der Waals surface area contributed by atoms with Gasteiger partial charge in [0.05, 0.1) is 12.6 Å². The molecule has 0 amide bonds. The SMILES string of the molecule is CCc1cnc(CNC(=NC)NCC(c2c(F)cccc2F)N(C)C)s1. The average Bonchev–Trinajstić information content (AvgIpc) is 3.07. The Balaban J connectivity index is 2.00. The quantitative estimate of drug-likeness (QED) is 0.572. The molecule has 0 saturated heterocycles. The van der Waals surface area contributed by atoms with Crippen LogP contribution in [0, 0.1) is 11.6 Å². The molecule has 1 atom stereocenters. The fourth-order valence-electron chi connectivity index (χ4n) is 2.54. The minimum Gasteiger partial charge on any atom is -0.354 e. The highest BCUT2D eigenvalue weighted by Crippen LogP contribution is 2.23. The Kier molecular flexibility index (Phi) is 7.47. The van der Waals surface area contributed by atoms with Gasteiger partial charge in [-0.2, -0.15) is 0 Å². The van der Waals surface area contributed by atoms with E-state index in [1.165, 1.54) is 23.1 Å². The van der Waals surface area contributed by atoms with Crippen molar-refractivity contribution < 1.29 is 8.78 Å². The summed E-state index contributed by atoms with van der Waals surface area (Å²) in [5, 5.41) is 7.28. The molecule has 2 N–H and O–H groups in total. The van der Waals surface area contributed by atoms with Crippen LogP contribution in [0.2, 0.25) is 0 Å². The number of halogens is 2. The van der Waals surface area contributed by atoms with Crippen molar-refractivity contribution in [3.63, 3.8) is 0 Å². The lowest BCUT2D eigenvalue weighted by atomic mass is 10.0. The third-order valence-electron chi connectivity index (χ3n) is 4.00. The first-order valence-corrected chi connectivity index (χ1v) is 9.26. The minimum absolute atomic E-state index is 0.0490. The molecular formula is C18H25F2N5S. The highest BCUT2D eigenvalue weighted by Gasteiger charge is 2.22. The lowest BCUT2D eigenvalue weighted by molar-refractivity contribution is 0.282. The summed E-state index contributed by atoms with van der Waals surface area (Å²) in [6, 6.07) is 3.44. The van der Waals surface area contributed by atoms with Crippen LogP contribution in [0.15, 0.2) is 29.4 Å². The molecular weight excluding hydrogens is 356 g/mol. The number of guanidine groups is 1. The van der Waals surface area contributed by atoms with Gasteiger partial charge in [-0.3, -0.25) is 4.99 Å². The van der Waals surface area contributed by atoms with E-state index in [0.29, 0.717) is 19.0 Å². The molecule has 0 spiro atoms. The van der Waals surface area contributed by atoms with Gasteiger partial charge >= 0.3 is 0 Å². The molecule has 2 aromatic rings. The number of benzene rings is 1. The van der Waals surface area contributed by atoms with Crippen molar-refractivity contribution in [2.24, 2.45) is 4.99 Å². The lowest BCUT2D eigenvalue weighted by Crippen LogP contribution is -2.41. The zero-order valence-electron chi connectivity index (χ0n) is 15.5. The molecule has 0 aliphatic carbocycles. The summed E-state index contributed by atoms with van der Waals surface area (Å²) in [6.07, 6.45) is 2.84. The van der Waals surface area contributed by atoms with Crippen LogP contribution in [0.3, 0.4) is 0 Å². The first-order valence-electron chi connectivity index (χ1n) is 8.44. The van der Waals surface area contributed by atoms with E-state index in [1.807, 2.05) is 6.20 Å². The van der Waals surface area contributed by atoms with Gasteiger partial charge in [0.2, 0.25) is 0 Å². The van der Waals surface area contributed by atoms with Crippen molar-refractivity contribution in [2.75, 3.05) is 27.7 Å². The normalized spacial score (nSPS) is 13.1. The molecule has 1 aromatic carbocycles. The maximum Gasteiger partial charge on any atom is 0.191 e. The van der Waals surface area contributed by atoms with E-state index in [2.05, 4.69) is 27.5 Å². The maximum atomic E-state index is 14.1. The molecule has 1 heterocycles. The summed E-state index contributed by atoms with van der Waals surface area (Å²) < 4.78 is 28.3. The van der Waals surface area contributed by atoms with Crippen LogP contribution >= 0.6 is 11.3 Å². The number of hydrogen-bond donors (Lipinski definition) is 2. The molecule has 0 fully saturated rings. The molecule has 142 valence electrons. The van der Waals surface area contributed by atoms with E-state index in [4.69, 9.17) is 0 Å². The second kappa shape index (κ2) is 9.59. The van der Waals surface area contributed by atoms with Gasteiger partial charge in [0, 0.05) is 30.2 Å². The van der Waals surface area contributed by atoms with Crippen LogP contribution in [-0.2, 0) is 13.0 Å². The van der Waals surface area contributed by atoms with Gasteiger partial charge in [0.25, 0.3) is 0 Å². The Morgan fingerprint density at radius 1 is 1.27 bits per heavy atom. The van der Waals surface area contributed by atoms with Crippen LogP contribution in [0.4, 0.5) is 8.78 Å². The Bertz CT molecular complexity index is 725. The van der Waals surface area contributed by atoms with Gasteiger partial charge in [-0.1, -0.05) is 13.0 Å².